The van der Waals surface area contributed by atoms with Gasteiger partial charge in [-0.3, -0.25) is 4.79 Å². The van der Waals surface area contributed by atoms with Crippen LogP contribution in [0.5, 0.6) is 0 Å². The summed E-state index contributed by atoms with van der Waals surface area (Å²) < 4.78 is 0. The number of hydrogen-bond acceptors (Lipinski definition) is 2. The van der Waals surface area contributed by atoms with Crippen molar-refractivity contribution in [2.24, 2.45) is 11.3 Å². The van der Waals surface area contributed by atoms with Crippen LogP contribution < -0.4 is 5.32 Å². The van der Waals surface area contributed by atoms with E-state index in [0.29, 0.717) is 11.3 Å². The van der Waals surface area contributed by atoms with Crippen molar-refractivity contribution in [3.63, 3.8) is 0 Å². The fourth-order valence-corrected chi connectivity index (χ4v) is 3.06. The Morgan fingerprint density at radius 3 is 2.56 bits per heavy atom. The van der Waals surface area contributed by atoms with E-state index < -0.39 is 0 Å². The summed E-state index contributed by atoms with van der Waals surface area (Å²) in [5, 5.41) is 3.39. The number of rotatable bonds is 3. The van der Waals surface area contributed by atoms with E-state index in [9.17, 15) is 4.79 Å². The highest BCUT2D eigenvalue weighted by Gasteiger charge is 2.45. The van der Waals surface area contributed by atoms with E-state index in [1.807, 2.05) is 0 Å². The second-order valence-electron chi connectivity index (χ2n) is 5.63. The molecule has 2 aliphatic heterocycles. The van der Waals surface area contributed by atoms with Crippen LogP contribution >= 0.6 is 0 Å². The Hall–Kier alpha value is -0.570. The maximum Gasteiger partial charge on any atom is 0.225 e. The van der Waals surface area contributed by atoms with Crippen LogP contribution in [-0.4, -0.2) is 37.0 Å². The van der Waals surface area contributed by atoms with Crippen LogP contribution in [0.1, 0.15) is 39.5 Å². The minimum Gasteiger partial charge on any atom is -0.341 e. The zero-order valence-corrected chi connectivity index (χ0v) is 10.6. The van der Waals surface area contributed by atoms with Gasteiger partial charge >= 0.3 is 0 Å². The van der Waals surface area contributed by atoms with Crippen LogP contribution in [0, 0.1) is 11.3 Å². The lowest BCUT2D eigenvalue weighted by Gasteiger charge is -2.53. The minimum atomic E-state index is 0.226. The fourth-order valence-electron chi connectivity index (χ4n) is 3.06. The van der Waals surface area contributed by atoms with Crippen LogP contribution in [0.2, 0.25) is 0 Å². The summed E-state index contributed by atoms with van der Waals surface area (Å²) in [5.74, 6) is 0.607. The number of hydrogen-bond donors (Lipinski definition) is 1. The number of amides is 1. The molecule has 2 heterocycles. The van der Waals surface area contributed by atoms with Gasteiger partial charge in [0, 0.05) is 24.4 Å². The van der Waals surface area contributed by atoms with Gasteiger partial charge in [0.2, 0.25) is 5.91 Å². The second-order valence-corrected chi connectivity index (χ2v) is 5.63. The molecule has 1 unspecified atom stereocenters. The number of carbonyl (C=O) groups is 1. The molecule has 1 atom stereocenters. The zero-order chi connectivity index (χ0) is 11.6. The molecule has 1 spiro atoms. The third kappa shape index (κ3) is 2.24. The van der Waals surface area contributed by atoms with Gasteiger partial charge in [-0.25, -0.2) is 0 Å². The lowest BCUT2D eigenvalue weighted by Crippen LogP contribution is -2.62. The van der Waals surface area contributed by atoms with Crippen LogP contribution in [0.25, 0.3) is 0 Å². The van der Waals surface area contributed by atoms with Gasteiger partial charge in [-0.1, -0.05) is 20.3 Å². The number of nitrogens with one attached hydrogen (secondary N) is 1. The number of likely N-dealkylation sites (tertiary alicyclic amines) is 1. The van der Waals surface area contributed by atoms with Gasteiger partial charge in [0.15, 0.2) is 0 Å². The van der Waals surface area contributed by atoms with Crippen molar-refractivity contribution in [1.82, 2.24) is 10.2 Å². The van der Waals surface area contributed by atoms with Crippen molar-refractivity contribution in [1.29, 1.82) is 0 Å². The molecule has 0 saturated carbocycles. The summed E-state index contributed by atoms with van der Waals surface area (Å²) in [6.45, 7) is 8.51. The summed E-state index contributed by atoms with van der Waals surface area (Å²) in [5.41, 5.74) is 0.479. The molecule has 16 heavy (non-hydrogen) atoms. The fraction of sp³-hybridized carbons (Fsp3) is 0.923. The SMILES string of the molecule is CCCC(C)C(=O)N1CC2(CCNCC2)C1. The van der Waals surface area contributed by atoms with Crippen LogP contribution in [0.15, 0.2) is 0 Å². The number of nitrogens with zero attached hydrogens (tertiary/aromatic N) is 1. The summed E-state index contributed by atoms with van der Waals surface area (Å²) >= 11 is 0. The van der Waals surface area contributed by atoms with Crippen molar-refractivity contribution < 1.29 is 4.79 Å². The second kappa shape index (κ2) is 4.74. The Bertz CT molecular complexity index is 251. The molecule has 0 aromatic rings. The molecular formula is C13H24N2O. The average Bonchev–Trinajstić information content (AvgIpc) is 2.26. The van der Waals surface area contributed by atoms with Crippen LogP contribution in [-0.2, 0) is 4.79 Å². The van der Waals surface area contributed by atoms with Gasteiger partial charge in [0.05, 0.1) is 0 Å². The van der Waals surface area contributed by atoms with Gasteiger partial charge < -0.3 is 10.2 Å². The Morgan fingerprint density at radius 1 is 1.38 bits per heavy atom. The first-order valence-corrected chi connectivity index (χ1v) is 6.66. The van der Waals surface area contributed by atoms with E-state index in [1.165, 1.54) is 12.8 Å². The molecule has 3 heteroatoms. The third-order valence-electron chi connectivity index (χ3n) is 4.17. The first-order valence-electron chi connectivity index (χ1n) is 6.66. The van der Waals surface area contributed by atoms with Gasteiger partial charge in [-0.15, -0.1) is 0 Å². The topological polar surface area (TPSA) is 32.3 Å². The summed E-state index contributed by atoms with van der Waals surface area (Å²) in [4.78, 5) is 14.1. The third-order valence-corrected chi connectivity index (χ3v) is 4.17. The standard InChI is InChI=1S/C13H24N2O/c1-3-4-11(2)12(16)15-9-13(10-15)5-7-14-8-6-13/h11,14H,3-10H2,1-2H3. The van der Waals surface area contributed by atoms with Gasteiger partial charge in [-0.2, -0.15) is 0 Å². The number of carbonyl (C=O) groups excluding carboxylic acids is 1. The number of piperidine rings is 1. The predicted octanol–water partition coefficient (Wildman–Crippen LogP) is 1.63. The van der Waals surface area contributed by atoms with E-state index >= 15 is 0 Å². The van der Waals surface area contributed by atoms with Crippen LogP contribution in [0.3, 0.4) is 0 Å². The summed E-state index contributed by atoms with van der Waals surface area (Å²) in [6.07, 6.45) is 4.64. The summed E-state index contributed by atoms with van der Waals surface area (Å²) in [7, 11) is 0. The van der Waals surface area contributed by atoms with Gasteiger partial charge in [-0.05, 0) is 32.4 Å². The molecule has 2 rings (SSSR count). The minimum absolute atomic E-state index is 0.226. The highest BCUT2D eigenvalue weighted by molar-refractivity contribution is 5.79. The maximum absolute atomic E-state index is 12.1. The molecule has 0 aliphatic carbocycles. The smallest absolute Gasteiger partial charge is 0.225 e. The van der Waals surface area contributed by atoms with E-state index in [2.05, 4.69) is 24.1 Å². The molecule has 2 aliphatic rings. The normalized spacial score (nSPS) is 25.2. The molecule has 92 valence electrons. The molecule has 3 nitrogen and oxygen atoms in total. The molecule has 0 radical (unpaired) electrons. The molecule has 2 fully saturated rings. The molecule has 1 amide bonds. The summed E-state index contributed by atoms with van der Waals surface area (Å²) in [6, 6.07) is 0. The first-order chi connectivity index (χ1) is 7.67. The Morgan fingerprint density at radius 2 is 2.00 bits per heavy atom. The average molecular weight is 224 g/mol. The van der Waals surface area contributed by atoms with E-state index in [-0.39, 0.29) is 5.92 Å². The quantitative estimate of drug-likeness (QED) is 0.790. The van der Waals surface area contributed by atoms with Gasteiger partial charge in [0.25, 0.3) is 0 Å². The lowest BCUT2D eigenvalue weighted by molar-refractivity contribution is -0.149. The Labute approximate surface area is 98.6 Å². The largest absolute Gasteiger partial charge is 0.341 e. The predicted molar refractivity (Wildman–Crippen MR) is 65.2 cm³/mol. The highest BCUT2D eigenvalue weighted by Crippen LogP contribution is 2.39. The first kappa shape index (κ1) is 11.9. The zero-order valence-electron chi connectivity index (χ0n) is 10.6. The maximum atomic E-state index is 12.1. The van der Waals surface area contributed by atoms with E-state index in [4.69, 9.17) is 0 Å². The molecule has 1 N–H and O–H groups in total. The van der Waals surface area contributed by atoms with Gasteiger partial charge in [0.1, 0.15) is 0 Å². The highest BCUT2D eigenvalue weighted by atomic mass is 16.2. The van der Waals surface area contributed by atoms with Crippen molar-refractivity contribution in [2.45, 2.75) is 39.5 Å². The monoisotopic (exact) mass is 224 g/mol. The molecule has 0 bridgehead atoms. The Balaban J connectivity index is 1.80. The van der Waals surface area contributed by atoms with E-state index in [0.717, 1.165) is 39.0 Å². The molecule has 0 aromatic carbocycles. The molecular weight excluding hydrogens is 200 g/mol. The van der Waals surface area contributed by atoms with E-state index in [1.54, 1.807) is 0 Å². The van der Waals surface area contributed by atoms with Crippen molar-refractivity contribution >= 4 is 5.91 Å². The molecule has 0 aromatic heterocycles. The molecule has 2 saturated heterocycles. The van der Waals surface area contributed by atoms with Crippen molar-refractivity contribution in [3.8, 4) is 0 Å². The van der Waals surface area contributed by atoms with Crippen molar-refractivity contribution in [2.75, 3.05) is 26.2 Å². The Kier molecular flexibility index (Phi) is 3.53. The lowest BCUT2D eigenvalue weighted by atomic mass is 9.72. The van der Waals surface area contributed by atoms with Crippen molar-refractivity contribution in [3.05, 3.63) is 0 Å². The van der Waals surface area contributed by atoms with Crippen LogP contribution in [0.4, 0.5) is 0 Å².